The number of hydrogen-bond donors (Lipinski definition) is 1. The number of hydrogen-bond acceptors (Lipinski definition) is 4. The van der Waals surface area contributed by atoms with Gasteiger partial charge in [0.05, 0.1) is 0 Å². The lowest BCUT2D eigenvalue weighted by Crippen LogP contribution is -2.02. The topological polar surface area (TPSA) is 37.8 Å². The van der Waals surface area contributed by atoms with E-state index in [0.717, 1.165) is 34.1 Å². The molecule has 0 saturated heterocycles. The third-order valence-corrected chi connectivity index (χ3v) is 3.69. The number of anilines is 1. The van der Waals surface area contributed by atoms with Crippen molar-refractivity contribution in [1.29, 1.82) is 0 Å². The standard InChI is InChI=1S/C14H16FN3S/c1-3-5-12-13(16-2)17-9-18-14(12)19-11-7-4-6-10(15)8-11/h4,6-9H,3,5H2,1-2H3,(H,16,17,18). The molecule has 0 bridgehead atoms. The van der Waals surface area contributed by atoms with Gasteiger partial charge in [0.25, 0.3) is 0 Å². The smallest absolute Gasteiger partial charge is 0.133 e. The Labute approximate surface area is 116 Å². The van der Waals surface area contributed by atoms with Gasteiger partial charge in [-0.15, -0.1) is 0 Å². The molecule has 0 unspecified atom stereocenters. The van der Waals surface area contributed by atoms with Crippen molar-refractivity contribution in [2.24, 2.45) is 0 Å². The molecule has 2 rings (SSSR count). The predicted octanol–water partition coefficient (Wildman–Crippen LogP) is 3.76. The van der Waals surface area contributed by atoms with Crippen LogP contribution in [0.25, 0.3) is 0 Å². The van der Waals surface area contributed by atoms with Crippen LogP contribution in [-0.2, 0) is 6.42 Å². The van der Waals surface area contributed by atoms with Gasteiger partial charge in [0, 0.05) is 17.5 Å². The van der Waals surface area contributed by atoms with E-state index in [4.69, 9.17) is 0 Å². The largest absolute Gasteiger partial charge is 0.373 e. The summed E-state index contributed by atoms with van der Waals surface area (Å²) < 4.78 is 13.2. The highest BCUT2D eigenvalue weighted by Crippen LogP contribution is 2.32. The monoisotopic (exact) mass is 277 g/mol. The molecule has 0 atom stereocenters. The highest BCUT2D eigenvalue weighted by Gasteiger charge is 2.11. The average Bonchev–Trinajstić information content (AvgIpc) is 2.41. The Morgan fingerprint density at radius 1 is 1.32 bits per heavy atom. The second-order valence-electron chi connectivity index (χ2n) is 4.07. The molecule has 1 N–H and O–H groups in total. The second-order valence-corrected chi connectivity index (χ2v) is 5.13. The molecule has 1 aromatic carbocycles. The number of benzene rings is 1. The van der Waals surface area contributed by atoms with Crippen LogP contribution in [0.2, 0.25) is 0 Å². The van der Waals surface area contributed by atoms with E-state index in [0.29, 0.717) is 0 Å². The first-order chi connectivity index (χ1) is 9.24. The Morgan fingerprint density at radius 3 is 2.84 bits per heavy atom. The molecule has 0 radical (unpaired) electrons. The highest BCUT2D eigenvalue weighted by molar-refractivity contribution is 7.99. The van der Waals surface area contributed by atoms with E-state index >= 15 is 0 Å². The van der Waals surface area contributed by atoms with Crippen molar-refractivity contribution >= 4 is 17.6 Å². The van der Waals surface area contributed by atoms with Crippen molar-refractivity contribution in [3.8, 4) is 0 Å². The minimum absolute atomic E-state index is 0.232. The van der Waals surface area contributed by atoms with Gasteiger partial charge in [-0.25, -0.2) is 14.4 Å². The summed E-state index contributed by atoms with van der Waals surface area (Å²) in [4.78, 5) is 9.39. The normalized spacial score (nSPS) is 10.5. The van der Waals surface area contributed by atoms with Crippen LogP contribution in [0.15, 0.2) is 40.5 Å². The summed E-state index contributed by atoms with van der Waals surface area (Å²) in [6, 6.07) is 6.54. The molecule has 19 heavy (non-hydrogen) atoms. The van der Waals surface area contributed by atoms with Crippen LogP contribution >= 0.6 is 11.8 Å². The van der Waals surface area contributed by atoms with Crippen LogP contribution in [-0.4, -0.2) is 17.0 Å². The van der Waals surface area contributed by atoms with E-state index in [1.165, 1.54) is 30.2 Å². The van der Waals surface area contributed by atoms with E-state index in [1.54, 1.807) is 6.07 Å². The van der Waals surface area contributed by atoms with Gasteiger partial charge in [-0.2, -0.15) is 0 Å². The van der Waals surface area contributed by atoms with E-state index in [-0.39, 0.29) is 5.82 Å². The average molecular weight is 277 g/mol. The molecular weight excluding hydrogens is 261 g/mol. The highest BCUT2D eigenvalue weighted by atomic mass is 32.2. The summed E-state index contributed by atoms with van der Waals surface area (Å²) in [7, 11) is 1.85. The number of nitrogens with zero attached hydrogens (tertiary/aromatic N) is 2. The molecule has 0 aliphatic heterocycles. The number of nitrogens with one attached hydrogen (secondary N) is 1. The van der Waals surface area contributed by atoms with Crippen LogP contribution in [0, 0.1) is 5.82 Å². The molecule has 0 fully saturated rings. The Hall–Kier alpha value is -1.62. The summed E-state index contributed by atoms with van der Waals surface area (Å²) in [5.41, 5.74) is 1.08. The van der Waals surface area contributed by atoms with Crippen LogP contribution in [0.3, 0.4) is 0 Å². The maximum absolute atomic E-state index is 13.2. The van der Waals surface area contributed by atoms with Crippen molar-refractivity contribution in [2.45, 2.75) is 29.7 Å². The number of rotatable bonds is 5. The van der Waals surface area contributed by atoms with Gasteiger partial charge in [0.2, 0.25) is 0 Å². The third kappa shape index (κ3) is 3.44. The van der Waals surface area contributed by atoms with Gasteiger partial charge in [0.1, 0.15) is 23.0 Å². The molecule has 1 heterocycles. The van der Waals surface area contributed by atoms with E-state index < -0.39 is 0 Å². The van der Waals surface area contributed by atoms with Crippen molar-refractivity contribution in [3.05, 3.63) is 42.0 Å². The lowest BCUT2D eigenvalue weighted by Gasteiger charge is -2.11. The predicted molar refractivity (Wildman–Crippen MR) is 76.1 cm³/mol. The molecule has 0 spiro atoms. The van der Waals surface area contributed by atoms with Gasteiger partial charge in [0.15, 0.2) is 0 Å². The third-order valence-electron chi connectivity index (χ3n) is 2.65. The molecule has 0 aliphatic carbocycles. The lowest BCUT2D eigenvalue weighted by atomic mass is 10.2. The Bertz CT molecular complexity index is 560. The fourth-order valence-corrected chi connectivity index (χ4v) is 2.78. The Balaban J connectivity index is 2.33. The quantitative estimate of drug-likeness (QED) is 0.844. The lowest BCUT2D eigenvalue weighted by molar-refractivity contribution is 0.624. The number of aromatic nitrogens is 2. The van der Waals surface area contributed by atoms with E-state index in [1.807, 2.05) is 13.1 Å². The van der Waals surface area contributed by atoms with Crippen molar-refractivity contribution in [3.63, 3.8) is 0 Å². The van der Waals surface area contributed by atoms with Crippen LogP contribution in [0.4, 0.5) is 10.2 Å². The maximum atomic E-state index is 13.2. The summed E-state index contributed by atoms with van der Waals surface area (Å²) in [5.74, 6) is 0.612. The molecular formula is C14H16FN3S. The van der Waals surface area contributed by atoms with Crippen molar-refractivity contribution < 1.29 is 4.39 Å². The zero-order valence-corrected chi connectivity index (χ0v) is 11.8. The van der Waals surface area contributed by atoms with Gasteiger partial charge in [-0.05, 0) is 24.6 Å². The van der Waals surface area contributed by atoms with Gasteiger partial charge in [-0.3, -0.25) is 0 Å². The fraction of sp³-hybridized carbons (Fsp3) is 0.286. The minimum atomic E-state index is -0.232. The molecule has 0 amide bonds. The van der Waals surface area contributed by atoms with Gasteiger partial charge < -0.3 is 5.32 Å². The fourth-order valence-electron chi connectivity index (χ4n) is 1.82. The summed E-state index contributed by atoms with van der Waals surface area (Å²) in [6.07, 6.45) is 3.44. The van der Waals surface area contributed by atoms with Crippen LogP contribution < -0.4 is 5.32 Å². The molecule has 0 saturated carbocycles. The van der Waals surface area contributed by atoms with E-state index in [2.05, 4.69) is 22.2 Å². The summed E-state index contributed by atoms with van der Waals surface area (Å²) in [5, 5.41) is 3.96. The SMILES string of the molecule is CCCc1c(NC)ncnc1Sc1cccc(F)c1. The van der Waals surface area contributed by atoms with Crippen molar-refractivity contribution in [2.75, 3.05) is 12.4 Å². The van der Waals surface area contributed by atoms with E-state index in [9.17, 15) is 4.39 Å². The Morgan fingerprint density at radius 2 is 2.16 bits per heavy atom. The second kappa shape index (κ2) is 6.52. The maximum Gasteiger partial charge on any atom is 0.133 e. The first kappa shape index (κ1) is 13.8. The number of halogens is 1. The van der Waals surface area contributed by atoms with Gasteiger partial charge in [-0.1, -0.05) is 31.2 Å². The Kier molecular flexibility index (Phi) is 4.74. The van der Waals surface area contributed by atoms with Gasteiger partial charge >= 0.3 is 0 Å². The molecule has 3 nitrogen and oxygen atoms in total. The molecule has 5 heteroatoms. The zero-order valence-electron chi connectivity index (χ0n) is 11.0. The summed E-state index contributed by atoms with van der Waals surface area (Å²) >= 11 is 1.47. The van der Waals surface area contributed by atoms with Crippen LogP contribution in [0.1, 0.15) is 18.9 Å². The molecule has 0 aliphatic rings. The molecule has 100 valence electrons. The van der Waals surface area contributed by atoms with Crippen LogP contribution in [0.5, 0.6) is 0 Å². The van der Waals surface area contributed by atoms with Crippen molar-refractivity contribution in [1.82, 2.24) is 9.97 Å². The molecule has 1 aromatic heterocycles. The molecule has 2 aromatic rings. The zero-order chi connectivity index (χ0) is 13.7. The first-order valence-electron chi connectivity index (χ1n) is 6.19. The minimum Gasteiger partial charge on any atom is -0.373 e. The summed E-state index contributed by atoms with van der Waals surface area (Å²) in [6.45, 7) is 2.11. The first-order valence-corrected chi connectivity index (χ1v) is 7.01.